The number of nitrogens with zero attached hydrogens (tertiary/aromatic N) is 3. The van der Waals surface area contributed by atoms with Crippen LogP contribution in [0, 0.1) is 13.8 Å². The van der Waals surface area contributed by atoms with Crippen molar-refractivity contribution in [1.82, 2.24) is 19.9 Å². The van der Waals surface area contributed by atoms with Crippen LogP contribution in [0.1, 0.15) is 17.0 Å². The molecule has 0 spiro atoms. The Balaban J connectivity index is 1.68. The summed E-state index contributed by atoms with van der Waals surface area (Å²) in [6.07, 6.45) is 5.57. The van der Waals surface area contributed by atoms with Gasteiger partial charge >= 0.3 is 0 Å². The maximum atomic E-state index is 5.36. The molecular weight excluding hydrogens is 318 g/mol. The van der Waals surface area contributed by atoms with E-state index in [1.54, 1.807) is 6.20 Å². The molecule has 2 heterocycles. The Kier molecular flexibility index (Phi) is 4.86. The topological polar surface area (TPSA) is 54.8 Å². The lowest BCUT2D eigenvalue weighted by Crippen LogP contribution is -2.28. The van der Waals surface area contributed by atoms with Crippen LogP contribution in [0.4, 0.5) is 5.82 Å². The fourth-order valence-electron chi connectivity index (χ4n) is 2.41. The molecule has 122 valence electrons. The number of aryl methyl sites for hydroxylation is 2. The minimum Gasteiger partial charge on any atom is -0.358 e. The number of para-hydroxylation sites is 1. The summed E-state index contributed by atoms with van der Waals surface area (Å²) in [6.45, 7) is 4.60. The highest BCUT2D eigenvalue weighted by molar-refractivity contribution is 7.80. The molecule has 0 saturated carbocycles. The molecule has 0 aliphatic heterocycles. The molecule has 3 rings (SSSR count). The molecule has 0 radical (unpaired) electrons. The number of hydrogen-bond acceptors (Lipinski definition) is 3. The van der Waals surface area contributed by atoms with Crippen LogP contribution in [0.2, 0.25) is 0 Å². The Bertz CT molecular complexity index is 839. The summed E-state index contributed by atoms with van der Waals surface area (Å²) in [4.78, 5) is 8.58. The average molecular weight is 337 g/mol. The summed E-state index contributed by atoms with van der Waals surface area (Å²) in [6, 6.07) is 12.1. The van der Waals surface area contributed by atoms with E-state index in [4.69, 9.17) is 12.2 Å². The van der Waals surface area contributed by atoms with Gasteiger partial charge in [0.15, 0.2) is 5.11 Å². The van der Waals surface area contributed by atoms with Crippen LogP contribution in [0.3, 0.4) is 0 Å². The molecule has 0 fully saturated rings. The molecule has 0 bridgehead atoms. The van der Waals surface area contributed by atoms with Crippen LogP contribution in [-0.2, 0) is 6.54 Å². The van der Waals surface area contributed by atoms with Gasteiger partial charge in [0.2, 0.25) is 0 Å². The molecule has 24 heavy (non-hydrogen) atoms. The van der Waals surface area contributed by atoms with Crippen LogP contribution in [0.25, 0.3) is 5.69 Å². The van der Waals surface area contributed by atoms with Crippen molar-refractivity contribution in [1.29, 1.82) is 0 Å². The van der Waals surface area contributed by atoms with Crippen molar-refractivity contribution in [3.63, 3.8) is 0 Å². The normalized spacial score (nSPS) is 10.4. The third-order valence-electron chi connectivity index (χ3n) is 3.67. The SMILES string of the molecule is Cc1ccc(NC(=S)NCc2ccccc2-n2ccnc2C)nc1. The van der Waals surface area contributed by atoms with Crippen LogP contribution in [0.5, 0.6) is 0 Å². The molecule has 0 aliphatic rings. The Morgan fingerprint density at radius 2 is 1.96 bits per heavy atom. The van der Waals surface area contributed by atoms with E-state index in [9.17, 15) is 0 Å². The van der Waals surface area contributed by atoms with Gasteiger partial charge < -0.3 is 15.2 Å². The number of aromatic nitrogens is 3. The van der Waals surface area contributed by atoms with Crippen molar-refractivity contribution in [2.45, 2.75) is 20.4 Å². The lowest BCUT2D eigenvalue weighted by molar-refractivity contribution is 0.884. The summed E-state index contributed by atoms with van der Waals surface area (Å²) in [7, 11) is 0. The Hall–Kier alpha value is -2.73. The number of rotatable bonds is 4. The highest BCUT2D eigenvalue weighted by Crippen LogP contribution is 2.16. The van der Waals surface area contributed by atoms with Gasteiger partial charge in [-0.15, -0.1) is 0 Å². The summed E-state index contributed by atoms with van der Waals surface area (Å²) >= 11 is 5.36. The summed E-state index contributed by atoms with van der Waals surface area (Å²) < 4.78 is 2.06. The van der Waals surface area contributed by atoms with Gasteiger partial charge in [-0.25, -0.2) is 9.97 Å². The molecule has 0 atom stereocenters. The molecule has 2 aromatic heterocycles. The predicted octanol–water partition coefficient (Wildman–Crippen LogP) is 3.37. The second kappa shape index (κ2) is 7.23. The number of anilines is 1. The van der Waals surface area contributed by atoms with Crippen molar-refractivity contribution >= 4 is 23.1 Å². The highest BCUT2D eigenvalue weighted by atomic mass is 32.1. The number of imidazole rings is 1. The predicted molar refractivity (Wildman–Crippen MR) is 100 cm³/mol. The Morgan fingerprint density at radius 3 is 2.67 bits per heavy atom. The van der Waals surface area contributed by atoms with E-state index in [1.165, 1.54) is 0 Å². The number of nitrogens with one attached hydrogen (secondary N) is 2. The van der Waals surface area contributed by atoms with E-state index in [2.05, 4.69) is 37.3 Å². The maximum Gasteiger partial charge on any atom is 0.172 e. The zero-order valence-electron chi connectivity index (χ0n) is 13.7. The van der Waals surface area contributed by atoms with E-state index < -0.39 is 0 Å². The molecule has 0 amide bonds. The Morgan fingerprint density at radius 1 is 1.12 bits per heavy atom. The van der Waals surface area contributed by atoms with Gasteiger partial charge in [-0.05, 0) is 49.3 Å². The zero-order chi connectivity index (χ0) is 16.9. The first-order valence-corrected chi connectivity index (χ1v) is 8.10. The second-order valence-corrected chi connectivity index (χ2v) is 5.91. The van der Waals surface area contributed by atoms with Gasteiger partial charge in [0, 0.05) is 25.1 Å². The fraction of sp³-hybridized carbons (Fsp3) is 0.167. The monoisotopic (exact) mass is 337 g/mol. The molecule has 0 unspecified atom stereocenters. The van der Waals surface area contributed by atoms with Crippen LogP contribution >= 0.6 is 12.2 Å². The van der Waals surface area contributed by atoms with Crippen molar-refractivity contribution in [3.8, 4) is 5.69 Å². The summed E-state index contributed by atoms with van der Waals surface area (Å²) in [5, 5.41) is 6.87. The molecule has 0 saturated heterocycles. The number of hydrogen-bond donors (Lipinski definition) is 2. The van der Waals surface area contributed by atoms with Crippen LogP contribution < -0.4 is 10.6 Å². The van der Waals surface area contributed by atoms with Crippen LogP contribution in [-0.4, -0.2) is 19.6 Å². The second-order valence-electron chi connectivity index (χ2n) is 5.50. The standard InChI is InChI=1S/C18H19N5S/c1-13-7-8-17(20-11-13)22-18(24)21-12-15-5-3-4-6-16(15)23-10-9-19-14(23)2/h3-11H,12H2,1-2H3,(H2,20,21,22,24). The number of benzene rings is 1. The van der Waals surface area contributed by atoms with E-state index >= 15 is 0 Å². The highest BCUT2D eigenvalue weighted by Gasteiger charge is 2.07. The minimum absolute atomic E-state index is 0.545. The molecule has 3 aromatic rings. The first kappa shape index (κ1) is 16.1. The van der Waals surface area contributed by atoms with Gasteiger partial charge in [-0.3, -0.25) is 0 Å². The molecule has 5 nitrogen and oxygen atoms in total. The van der Waals surface area contributed by atoms with Gasteiger partial charge in [0.05, 0.1) is 5.69 Å². The van der Waals surface area contributed by atoms with E-state index in [0.29, 0.717) is 11.7 Å². The average Bonchev–Trinajstić information content (AvgIpc) is 3.01. The van der Waals surface area contributed by atoms with Gasteiger partial charge in [-0.1, -0.05) is 24.3 Å². The van der Waals surface area contributed by atoms with Crippen molar-refractivity contribution in [3.05, 3.63) is 71.9 Å². The smallest absolute Gasteiger partial charge is 0.172 e. The third kappa shape index (κ3) is 3.78. The lowest BCUT2D eigenvalue weighted by Gasteiger charge is -2.14. The Labute approximate surface area is 146 Å². The van der Waals surface area contributed by atoms with Gasteiger partial charge in [-0.2, -0.15) is 0 Å². The molecule has 1 aromatic carbocycles. The zero-order valence-corrected chi connectivity index (χ0v) is 14.5. The quantitative estimate of drug-likeness (QED) is 0.715. The maximum absolute atomic E-state index is 5.36. The minimum atomic E-state index is 0.545. The van der Waals surface area contributed by atoms with Gasteiger partial charge in [0.1, 0.15) is 11.6 Å². The van der Waals surface area contributed by atoms with E-state index in [-0.39, 0.29) is 0 Å². The van der Waals surface area contributed by atoms with E-state index in [1.807, 2.05) is 50.5 Å². The summed E-state index contributed by atoms with van der Waals surface area (Å²) in [5.41, 5.74) is 3.35. The first-order valence-electron chi connectivity index (χ1n) is 7.69. The molecule has 0 aliphatic carbocycles. The van der Waals surface area contributed by atoms with Crippen molar-refractivity contribution in [2.75, 3.05) is 5.32 Å². The fourth-order valence-corrected chi connectivity index (χ4v) is 2.58. The van der Waals surface area contributed by atoms with E-state index in [0.717, 1.165) is 28.5 Å². The van der Waals surface area contributed by atoms with Gasteiger partial charge in [0.25, 0.3) is 0 Å². The number of pyridine rings is 1. The van der Waals surface area contributed by atoms with Crippen molar-refractivity contribution < 1.29 is 0 Å². The largest absolute Gasteiger partial charge is 0.358 e. The first-order chi connectivity index (χ1) is 11.6. The molecule has 2 N–H and O–H groups in total. The lowest BCUT2D eigenvalue weighted by atomic mass is 10.1. The number of thiocarbonyl (C=S) groups is 1. The van der Waals surface area contributed by atoms with Crippen molar-refractivity contribution in [2.24, 2.45) is 0 Å². The third-order valence-corrected chi connectivity index (χ3v) is 3.92. The molecule has 6 heteroatoms. The molecular formula is C18H19N5S. The van der Waals surface area contributed by atoms with Crippen LogP contribution in [0.15, 0.2) is 55.0 Å². The summed E-state index contributed by atoms with van der Waals surface area (Å²) in [5.74, 6) is 1.68.